The maximum atomic E-state index is 12.8. The summed E-state index contributed by atoms with van der Waals surface area (Å²) in [6.07, 6.45) is 2.51. The predicted octanol–water partition coefficient (Wildman–Crippen LogP) is 2.14. The van der Waals surface area contributed by atoms with Crippen LogP contribution in [-0.4, -0.2) is 72.5 Å². The number of aromatic nitrogens is 1. The average molecular weight is 518 g/mol. The summed E-state index contributed by atoms with van der Waals surface area (Å²) < 4.78 is 11.4. The molecule has 204 valence electrons. The van der Waals surface area contributed by atoms with Crippen molar-refractivity contribution in [3.63, 3.8) is 0 Å². The molecular formula is C28H39NO8. The third kappa shape index (κ3) is 3.92. The number of hydrogen-bond acceptors (Lipinski definition) is 9. The number of aliphatic hydroxyl groups is 4. The second kappa shape index (κ2) is 9.00. The smallest absolute Gasteiger partial charge is 0.357 e. The zero-order chi connectivity index (χ0) is 26.8. The predicted molar refractivity (Wildman–Crippen MR) is 131 cm³/mol. The molecule has 9 nitrogen and oxygen atoms in total. The van der Waals surface area contributed by atoms with Crippen LogP contribution in [0.15, 0.2) is 24.4 Å². The first kappa shape index (κ1) is 26.5. The van der Waals surface area contributed by atoms with Gasteiger partial charge in [0.2, 0.25) is 0 Å². The van der Waals surface area contributed by atoms with E-state index in [0.29, 0.717) is 32.1 Å². The third-order valence-corrected chi connectivity index (χ3v) is 10.5. The number of fused-ring (bicyclic) bond motifs is 5. The highest BCUT2D eigenvalue weighted by Gasteiger charge is 2.76. The molecule has 4 N–H and O–H groups in total. The van der Waals surface area contributed by atoms with Crippen LogP contribution in [0.1, 0.15) is 82.6 Å². The first-order valence-corrected chi connectivity index (χ1v) is 13.5. The van der Waals surface area contributed by atoms with E-state index in [0.717, 1.165) is 0 Å². The van der Waals surface area contributed by atoms with E-state index in [4.69, 9.17) is 9.47 Å². The molecule has 0 saturated heterocycles. The molecule has 0 amide bonds. The van der Waals surface area contributed by atoms with Crippen molar-refractivity contribution < 1.29 is 39.5 Å². The normalized spacial score (nSPS) is 45.6. The van der Waals surface area contributed by atoms with Crippen molar-refractivity contribution in [3.05, 3.63) is 30.1 Å². The molecule has 4 fully saturated rings. The fourth-order valence-corrected chi connectivity index (χ4v) is 8.59. The van der Waals surface area contributed by atoms with Gasteiger partial charge in [0.25, 0.3) is 0 Å². The van der Waals surface area contributed by atoms with Crippen LogP contribution < -0.4 is 0 Å². The number of hydrogen-bond donors (Lipinski definition) is 4. The molecule has 5 rings (SSSR count). The van der Waals surface area contributed by atoms with Gasteiger partial charge in [0.1, 0.15) is 29.1 Å². The Hall–Kier alpha value is -2.07. The molecule has 4 saturated carbocycles. The van der Waals surface area contributed by atoms with Gasteiger partial charge in [-0.3, -0.25) is 4.79 Å². The summed E-state index contributed by atoms with van der Waals surface area (Å²) >= 11 is 0. The number of carbonyl (C=O) groups excluding carboxylic acids is 2. The molecule has 0 aliphatic heterocycles. The second-order valence-corrected chi connectivity index (χ2v) is 12.2. The quantitative estimate of drug-likeness (QED) is 0.441. The van der Waals surface area contributed by atoms with Crippen LogP contribution in [0.5, 0.6) is 0 Å². The Morgan fingerprint density at radius 3 is 2.49 bits per heavy atom. The molecule has 0 spiro atoms. The van der Waals surface area contributed by atoms with Crippen molar-refractivity contribution in [1.29, 1.82) is 0 Å². The molecule has 37 heavy (non-hydrogen) atoms. The van der Waals surface area contributed by atoms with Crippen molar-refractivity contribution in [3.8, 4) is 0 Å². The number of ether oxygens (including phenoxy) is 2. The van der Waals surface area contributed by atoms with Gasteiger partial charge in [0.15, 0.2) is 0 Å². The summed E-state index contributed by atoms with van der Waals surface area (Å²) in [5, 5.41) is 47.0. The Balaban J connectivity index is 1.50. The van der Waals surface area contributed by atoms with E-state index in [2.05, 4.69) is 11.9 Å². The highest BCUT2D eigenvalue weighted by molar-refractivity contribution is 5.87. The Morgan fingerprint density at radius 2 is 1.81 bits per heavy atom. The summed E-state index contributed by atoms with van der Waals surface area (Å²) in [6, 6.07) is 4.85. The van der Waals surface area contributed by atoms with Crippen LogP contribution in [0.4, 0.5) is 0 Å². The topological polar surface area (TPSA) is 146 Å². The Morgan fingerprint density at radius 1 is 1.05 bits per heavy atom. The van der Waals surface area contributed by atoms with Crippen LogP contribution >= 0.6 is 0 Å². The minimum absolute atomic E-state index is 0.0660. The Kier molecular flexibility index (Phi) is 6.46. The SMILES string of the molecule is CC(=O)O[C@@H]1C[C@H]2[C@@]3(C)CC[C@H](O)C[C@@H]3CC[C@@]2(O)[C@@]2(O)CC[C@@](O)([C@H](C)OC(=O)c3ccccn3)[C@H]12. The number of carbonyl (C=O) groups is 2. The van der Waals surface area contributed by atoms with Crippen LogP contribution in [0.2, 0.25) is 0 Å². The van der Waals surface area contributed by atoms with Gasteiger partial charge in [0, 0.05) is 13.1 Å². The monoisotopic (exact) mass is 517 g/mol. The lowest BCUT2D eigenvalue weighted by atomic mass is 9.43. The van der Waals surface area contributed by atoms with Gasteiger partial charge in [-0.2, -0.15) is 0 Å². The van der Waals surface area contributed by atoms with Crippen LogP contribution in [0, 0.1) is 23.2 Å². The molecule has 0 aromatic carbocycles. The molecule has 0 bridgehead atoms. The van der Waals surface area contributed by atoms with Crippen LogP contribution in [0.25, 0.3) is 0 Å². The van der Waals surface area contributed by atoms with Crippen LogP contribution in [0.3, 0.4) is 0 Å². The number of aliphatic hydroxyl groups excluding tert-OH is 1. The number of pyridine rings is 1. The van der Waals surface area contributed by atoms with Gasteiger partial charge in [-0.15, -0.1) is 0 Å². The van der Waals surface area contributed by atoms with E-state index in [9.17, 15) is 30.0 Å². The minimum atomic E-state index is -1.75. The maximum absolute atomic E-state index is 12.8. The summed E-state index contributed by atoms with van der Waals surface area (Å²) in [7, 11) is 0. The summed E-state index contributed by atoms with van der Waals surface area (Å²) in [5.41, 5.74) is -5.27. The molecule has 9 heteroatoms. The van der Waals surface area contributed by atoms with Gasteiger partial charge >= 0.3 is 11.9 Å². The lowest BCUT2D eigenvalue weighted by molar-refractivity contribution is -0.309. The largest absolute Gasteiger partial charge is 0.462 e. The number of nitrogens with zero attached hydrogens (tertiary/aromatic N) is 1. The Labute approximate surface area is 217 Å². The van der Waals surface area contributed by atoms with E-state index in [-0.39, 0.29) is 48.3 Å². The van der Waals surface area contributed by atoms with Gasteiger partial charge < -0.3 is 29.9 Å². The number of rotatable bonds is 4. The van der Waals surface area contributed by atoms with E-state index >= 15 is 0 Å². The first-order valence-electron chi connectivity index (χ1n) is 13.5. The lowest BCUT2D eigenvalue weighted by Gasteiger charge is -2.66. The van der Waals surface area contributed by atoms with Gasteiger partial charge in [-0.05, 0) is 87.7 Å². The molecule has 0 radical (unpaired) electrons. The molecule has 1 aromatic rings. The summed E-state index contributed by atoms with van der Waals surface area (Å²) in [4.78, 5) is 29.0. The zero-order valence-electron chi connectivity index (χ0n) is 21.8. The number of esters is 2. The lowest BCUT2D eigenvalue weighted by Crippen LogP contribution is -2.75. The van der Waals surface area contributed by atoms with E-state index in [1.54, 1.807) is 19.1 Å². The van der Waals surface area contributed by atoms with Crippen molar-refractivity contribution in [2.45, 2.75) is 107 Å². The van der Waals surface area contributed by atoms with Crippen molar-refractivity contribution in [2.24, 2.45) is 23.2 Å². The molecular weight excluding hydrogens is 478 g/mol. The Bertz CT molecular complexity index is 1050. The van der Waals surface area contributed by atoms with Crippen LogP contribution in [-0.2, 0) is 14.3 Å². The molecule has 1 heterocycles. The van der Waals surface area contributed by atoms with E-state index < -0.39 is 46.9 Å². The maximum Gasteiger partial charge on any atom is 0.357 e. The highest BCUT2D eigenvalue weighted by atomic mass is 16.6. The average Bonchev–Trinajstić information content (AvgIpc) is 3.15. The van der Waals surface area contributed by atoms with Gasteiger partial charge in [-0.25, -0.2) is 9.78 Å². The second-order valence-electron chi connectivity index (χ2n) is 12.2. The van der Waals surface area contributed by atoms with Gasteiger partial charge in [0.05, 0.1) is 17.6 Å². The van der Waals surface area contributed by atoms with Gasteiger partial charge in [-0.1, -0.05) is 13.0 Å². The van der Waals surface area contributed by atoms with Crippen molar-refractivity contribution in [2.75, 3.05) is 0 Å². The first-order chi connectivity index (χ1) is 17.3. The fraction of sp³-hybridized carbons (Fsp3) is 0.750. The third-order valence-electron chi connectivity index (χ3n) is 10.5. The van der Waals surface area contributed by atoms with Crippen molar-refractivity contribution >= 4 is 11.9 Å². The summed E-state index contributed by atoms with van der Waals surface area (Å²) in [6.45, 7) is 4.97. The molecule has 4 aliphatic rings. The molecule has 4 aliphatic carbocycles. The molecule has 10 atom stereocenters. The fourth-order valence-electron chi connectivity index (χ4n) is 8.59. The highest BCUT2D eigenvalue weighted by Crippen LogP contribution is 2.68. The molecule has 1 aromatic heterocycles. The standard InChI is InChI=1S/C28H39NO8/c1-16(36-24(32)20-6-4-5-13-29-20)26(33)11-12-28(35)23(26)21(37-17(2)30)15-22-25(3)9-8-19(31)14-18(25)7-10-27(22,28)34/h4-6,13,16,18-19,21-23,31,33-35H,7-12,14-15H2,1-3H3/t16-,18-,19-,21+,22-,23-,25-,26+,27-,28+/m0/s1. The van der Waals surface area contributed by atoms with Crippen molar-refractivity contribution in [1.82, 2.24) is 4.98 Å². The molecule has 0 unspecified atom stereocenters. The summed E-state index contributed by atoms with van der Waals surface area (Å²) in [5.74, 6) is -2.50. The minimum Gasteiger partial charge on any atom is -0.462 e. The van der Waals surface area contributed by atoms with E-state index in [1.807, 2.05) is 0 Å². The van der Waals surface area contributed by atoms with E-state index in [1.165, 1.54) is 19.2 Å². The zero-order valence-corrected chi connectivity index (χ0v) is 21.8.